The fraction of sp³-hybridized carbons (Fsp3) is 0.500. The van der Waals surface area contributed by atoms with E-state index >= 15 is 0 Å². The first-order chi connectivity index (χ1) is 7.90. The van der Waals surface area contributed by atoms with Gasteiger partial charge < -0.3 is 5.73 Å². The Kier molecular flexibility index (Phi) is 4.15. The number of nitrogens with two attached hydrogens (primary N) is 1. The van der Waals surface area contributed by atoms with Gasteiger partial charge in [0.25, 0.3) is 0 Å². The molecule has 3 N–H and O–H groups in total. The van der Waals surface area contributed by atoms with Crippen LogP contribution >= 0.6 is 0 Å². The van der Waals surface area contributed by atoms with Crippen molar-refractivity contribution in [2.75, 3.05) is 5.73 Å². The molecule has 0 radical (unpaired) electrons. The lowest BCUT2D eigenvalue weighted by Gasteiger charge is -2.13. The molecular formula is C10H16N4O2S. The van der Waals surface area contributed by atoms with Gasteiger partial charge in [-0.2, -0.15) is 5.10 Å². The zero-order valence-corrected chi connectivity index (χ0v) is 10.7. The molecule has 0 aliphatic rings. The number of aryl methyl sites for hydroxylation is 1. The van der Waals surface area contributed by atoms with Crippen molar-refractivity contribution in [3.8, 4) is 12.3 Å². The van der Waals surface area contributed by atoms with Crippen LogP contribution in [-0.4, -0.2) is 24.2 Å². The minimum absolute atomic E-state index is 0.0180. The van der Waals surface area contributed by atoms with Gasteiger partial charge >= 0.3 is 0 Å². The quantitative estimate of drug-likeness (QED) is 0.730. The summed E-state index contributed by atoms with van der Waals surface area (Å²) < 4.78 is 27.9. The molecule has 0 saturated carbocycles. The number of nitrogens with zero attached hydrogens (tertiary/aromatic N) is 2. The van der Waals surface area contributed by atoms with Crippen molar-refractivity contribution >= 4 is 15.8 Å². The van der Waals surface area contributed by atoms with Crippen LogP contribution in [0.4, 0.5) is 5.82 Å². The highest BCUT2D eigenvalue weighted by Crippen LogP contribution is 2.16. The normalized spacial score (nSPS) is 13.2. The smallest absolute Gasteiger partial charge is 0.246 e. The van der Waals surface area contributed by atoms with Gasteiger partial charge in [-0.05, 0) is 6.42 Å². The van der Waals surface area contributed by atoms with Crippen LogP contribution in [0.5, 0.6) is 0 Å². The number of terminal acetylenes is 1. The van der Waals surface area contributed by atoms with Crippen molar-refractivity contribution in [3.63, 3.8) is 0 Å². The van der Waals surface area contributed by atoms with E-state index < -0.39 is 10.0 Å². The fourth-order valence-corrected chi connectivity index (χ4v) is 2.81. The summed E-state index contributed by atoms with van der Waals surface area (Å²) in [5.41, 5.74) is 5.53. The van der Waals surface area contributed by atoms with Crippen LogP contribution in [0, 0.1) is 12.3 Å². The molecule has 1 aromatic heterocycles. The molecule has 0 saturated heterocycles. The summed E-state index contributed by atoms with van der Waals surface area (Å²) in [6, 6.07) is -0.287. The number of hydrogen-bond donors (Lipinski definition) is 2. The highest BCUT2D eigenvalue weighted by atomic mass is 32.2. The van der Waals surface area contributed by atoms with Gasteiger partial charge in [-0.25, -0.2) is 13.1 Å². The Bertz CT molecular complexity index is 527. The van der Waals surface area contributed by atoms with Gasteiger partial charge in [0.05, 0.1) is 0 Å². The molecule has 0 amide bonds. The van der Waals surface area contributed by atoms with Crippen molar-refractivity contribution in [2.24, 2.45) is 7.05 Å². The number of nitrogens with one attached hydrogen (secondary N) is 1. The largest absolute Gasteiger partial charge is 0.381 e. The highest BCUT2D eigenvalue weighted by molar-refractivity contribution is 7.89. The van der Waals surface area contributed by atoms with Crippen LogP contribution in [0.1, 0.15) is 19.8 Å². The zero-order chi connectivity index (χ0) is 13.1. The average Bonchev–Trinajstić information content (AvgIpc) is 2.57. The molecule has 1 rings (SSSR count). The molecule has 0 aromatic carbocycles. The first-order valence-corrected chi connectivity index (χ1v) is 6.64. The van der Waals surface area contributed by atoms with Crippen molar-refractivity contribution in [1.29, 1.82) is 0 Å². The van der Waals surface area contributed by atoms with E-state index in [0.29, 0.717) is 12.8 Å². The van der Waals surface area contributed by atoms with Crippen LogP contribution in [0.2, 0.25) is 0 Å². The third-order valence-electron chi connectivity index (χ3n) is 2.29. The summed E-state index contributed by atoms with van der Waals surface area (Å²) in [5, 5.41) is 3.79. The molecule has 7 heteroatoms. The third kappa shape index (κ3) is 3.22. The summed E-state index contributed by atoms with van der Waals surface area (Å²) in [7, 11) is -2.05. The Morgan fingerprint density at radius 3 is 2.76 bits per heavy atom. The van der Waals surface area contributed by atoms with E-state index in [4.69, 9.17) is 12.2 Å². The van der Waals surface area contributed by atoms with Crippen molar-refractivity contribution < 1.29 is 8.42 Å². The molecule has 6 nitrogen and oxygen atoms in total. The molecule has 17 heavy (non-hydrogen) atoms. The lowest BCUT2D eigenvalue weighted by Crippen LogP contribution is -2.34. The van der Waals surface area contributed by atoms with E-state index in [1.54, 1.807) is 7.05 Å². The molecule has 0 bridgehead atoms. The first kappa shape index (κ1) is 13.5. The van der Waals surface area contributed by atoms with E-state index in [2.05, 4.69) is 15.7 Å². The molecule has 1 atom stereocenters. The van der Waals surface area contributed by atoms with Crippen LogP contribution in [0.15, 0.2) is 11.1 Å². The van der Waals surface area contributed by atoms with Gasteiger partial charge in [0.2, 0.25) is 10.0 Å². The first-order valence-electron chi connectivity index (χ1n) is 5.15. The molecule has 1 heterocycles. The van der Waals surface area contributed by atoms with Gasteiger partial charge in [-0.15, -0.1) is 12.3 Å². The maximum Gasteiger partial charge on any atom is 0.246 e. The summed E-state index contributed by atoms with van der Waals surface area (Å²) in [6.45, 7) is 1.86. The van der Waals surface area contributed by atoms with E-state index in [-0.39, 0.29) is 16.8 Å². The third-order valence-corrected chi connectivity index (χ3v) is 3.83. The van der Waals surface area contributed by atoms with Crippen molar-refractivity contribution in [1.82, 2.24) is 14.5 Å². The highest BCUT2D eigenvalue weighted by Gasteiger charge is 2.23. The molecular weight excluding hydrogens is 240 g/mol. The monoisotopic (exact) mass is 256 g/mol. The predicted octanol–water partition coefficient (Wildman–Crippen LogP) is 0.0825. The van der Waals surface area contributed by atoms with E-state index in [9.17, 15) is 8.42 Å². The predicted molar refractivity (Wildman–Crippen MR) is 65.5 cm³/mol. The number of sulfonamides is 1. The Morgan fingerprint density at radius 2 is 2.35 bits per heavy atom. The van der Waals surface area contributed by atoms with Crippen molar-refractivity contribution in [2.45, 2.75) is 30.7 Å². The van der Waals surface area contributed by atoms with Crippen LogP contribution < -0.4 is 10.5 Å². The number of nitrogen functional groups attached to an aromatic ring is 1. The van der Waals surface area contributed by atoms with Gasteiger partial charge in [0.1, 0.15) is 4.90 Å². The Morgan fingerprint density at radius 1 is 1.71 bits per heavy atom. The topological polar surface area (TPSA) is 90.0 Å². The van der Waals surface area contributed by atoms with Gasteiger partial charge in [-0.1, -0.05) is 6.92 Å². The summed E-state index contributed by atoms with van der Waals surface area (Å²) in [5.74, 6) is 2.42. The minimum atomic E-state index is -3.66. The lowest BCUT2D eigenvalue weighted by atomic mass is 10.2. The summed E-state index contributed by atoms with van der Waals surface area (Å²) in [6.07, 6.45) is 7.49. The molecule has 1 aromatic rings. The number of anilines is 1. The lowest BCUT2D eigenvalue weighted by molar-refractivity contribution is 0.544. The molecule has 0 aliphatic carbocycles. The Labute approximate surface area is 101 Å². The molecule has 0 fully saturated rings. The van der Waals surface area contributed by atoms with E-state index in [1.165, 1.54) is 10.9 Å². The standard InChI is InChI=1S/C10H16N4O2S/c1-4-6-8(5-2)13-17(15,16)9-7-14(3)12-10(9)11/h1,7-8,13H,5-6H2,2-3H3,(H2,11,12). The van der Waals surface area contributed by atoms with E-state index in [0.717, 1.165) is 0 Å². The van der Waals surface area contributed by atoms with Crippen LogP contribution in [-0.2, 0) is 17.1 Å². The molecule has 0 spiro atoms. The van der Waals surface area contributed by atoms with Gasteiger partial charge in [0.15, 0.2) is 5.82 Å². The van der Waals surface area contributed by atoms with E-state index in [1.807, 2.05) is 6.92 Å². The maximum atomic E-state index is 12.0. The van der Waals surface area contributed by atoms with Crippen LogP contribution in [0.3, 0.4) is 0 Å². The SMILES string of the molecule is C#CCC(CC)NS(=O)(=O)c1cn(C)nc1N. The second kappa shape index (κ2) is 5.21. The number of hydrogen-bond acceptors (Lipinski definition) is 4. The van der Waals surface area contributed by atoms with Gasteiger partial charge in [-0.3, -0.25) is 4.68 Å². The average molecular weight is 256 g/mol. The summed E-state index contributed by atoms with van der Waals surface area (Å²) in [4.78, 5) is -0.0181. The Hall–Kier alpha value is -1.52. The minimum Gasteiger partial charge on any atom is -0.381 e. The van der Waals surface area contributed by atoms with Crippen LogP contribution in [0.25, 0.3) is 0 Å². The maximum absolute atomic E-state index is 12.0. The van der Waals surface area contributed by atoms with Gasteiger partial charge in [0, 0.05) is 25.7 Å². The number of aromatic nitrogens is 2. The Balaban J connectivity index is 2.97. The second-order valence-electron chi connectivity index (χ2n) is 3.69. The molecule has 1 unspecified atom stereocenters. The molecule has 94 valence electrons. The zero-order valence-electron chi connectivity index (χ0n) is 9.84. The summed E-state index contributed by atoms with van der Waals surface area (Å²) >= 11 is 0. The van der Waals surface area contributed by atoms with Crippen molar-refractivity contribution in [3.05, 3.63) is 6.20 Å². The fourth-order valence-electron chi connectivity index (χ4n) is 1.39. The second-order valence-corrected chi connectivity index (χ2v) is 5.37. The number of rotatable bonds is 5. The molecule has 0 aliphatic heterocycles.